The van der Waals surface area contributed by atoms with E-state index >= 15 is 0 Å². The topological polar surface area (TPSA) is 110 Å². The van der Waals surface area contributed by atoms with Gasteiger partial charge in [0.05, 0.1) is 24.4 Å². The molecule has 0 radical (unpaired) electrons. The summed E-state index contributed by atoms with van der Waals surface area (Å²) in [5.41, 5.74) is 3.53. The van der Waals surface area contributed by atoms with Crippen molar-refractivity contribution in [3.8, 4) is 16.9 Å². The maximum Gasteiger partial charge on any atom is 0.341 e. The number of nitrogens with zero attached hydrogens (tertiary/aromatic N) is 4. The maximum absolute atomic E-state index is 12.8. The molecule has 10 nitrogen and oxygen atoms in total. The number of benzene rings is 2. The molecule has 40 heavy (non-hydrogen) atoms. The Morgan fingerprint density at radius 1 is 1.07 bits per heavy atom. The number of carboxylic acids is 1. The molecule has 0 bridgehead atoms. The van der Waals surface area contributed by atoms with E-state index in [0.717, 1.165) is 50.1 Å². The minimum atomic E-state index is -1.27. The SMILES string of the molecule is COC[C@H]1CCCN1c1nc2ccc(-n3cc(C(=O)O)c(=O)cc3-c3ccc(N4CC[C@H](OC)C4)cc3)cc2o1. The molecule has 0 amide bonds. The second-order valence-corrected chi connectivity index (χ2v) is 10.3. The molecular weight excluding hydrogens is 512 g/mol. The molecule has 10 heteroatoms. The molecule has 4 heterocycles. The first-order valence-corrected chi connectivity index (χ1v) is 13.5. The molecule has 2 atom stereocenters. The number of hydrogen-bond donors (Lipinski definition) is 1. The second-order valence-electron chi connectivity index (χ2n) is 10.3. The zero-order chi connectivity index (χ0) is 27.8. The Bertz CT molecular complexity index is 1590. The molecule has 2 aliphatic rings. The minimum Gasteiger partial charge on any atom is -0.477 e. The molecule has 4 aromatic rings. The van der Waals surface area contributed by atoms with Gasteiger partial charge in [0.25, 0.3) is 6.01 Å². The van der Waals surface area contributed by atoms with Crippen molar-refractivity contribution in [3.63, 3.8) is 0 Å². The molecule has 2 fully saturated rings. The zero-order valence-electron chi connectivity index (χ0n) is 22.6. The lowest BCUT2D eigenvalue weighted by Crippen LogP contribution is -2.32. The number of pyridine rings is 1. The van der Waals surface area contributed by atoms with Gasteiger partial charge in [-0.25, -0.2) is 4.79 Å². The van der Waals surface area contributed by atoms with Crippen LogP contribution in [0.2, 0.25) is 0 Å². The van der Waals surface area contributed by atoms with Crippen LogP contribution in [-0.2, 0) is 9.47 Å². The van der Waals surface area contributed by atoms with Gasteiger partial charge in [-0.3, -0.25) is 4.79 Å². The lowest BCUT2D eigenvalue weighted by molar-refractivity contribution is 0.0695. The Morgan fingerprint density at radius 3 is 2.60 bits per heavy atom. The first kappa shape index (κ1) is 26.1. The molecule has 2 aromatic carbocycles. The number of carboxylic acid groups (broad SMARTS) is 1. The fraction of sp³-hybridized carbons (Fsp3) is 0.367. The maximum atomic E-state index is 12.8. The van der Waals surface area contributed by atoms with E-state index in [-0.39, 0.29) is 17.7 Å². The number of hydrogen-bond acceptors (Lipinski definition) is 8. The summed E-state index contributed by atoms with van der Waals surface area (Å²) in [5, 5.41) is 9.69. The summed E-state index contributed by atoms with van der Waals surface area (Å²) >= 11 is 0. The van der Waals surface area contributed by atoms with Gasteiger partial charge in [0.2, 0.25) is 0 Å². The van der Waals surface area contributed by atoms with Crippen LogP contribution in [0.15, 0.2) is 63.9 Å². The monoisotopic (exact) mass is 544 g/mol. The highest BCUT2D eigenvalue weighted by molar-refractivity contribution is 5.88. The van der Waals surface area contributed by atoms with Gasteiger partial charge in [-0.2, -0.15) is 4.98 Å². The Labute approximate surface area is 231 Å². The molecule has 208 valence electrons. The van der Waals surface area contributed by atoms with E-state index in [1.807, 2.05) is 42.5 Å². The summed E-state index contributed by atoms with van der Waals surface area (Å²) < 4.78 is 18.8. The van der Waals surface area contributed by atoms with Crippen LogP contribution < -0.4 is 15.2 Å². The van der Waals surface area contributed by atoms with Gasteiger partial charge in [-0.1, -0.05) is 12.1 Å². The van der Waals surface area contributed by atoms with E-state index in [9.17, 15) is 14.7 Å². The smallest absolute Gasteiger partial charge is 0.341 e. The van der Waals surface area contributed by atoms with Crippen LogP contribution in [0, 0.1) is 0 Å². The summed E-state index contributed by atoms with van der Waals surface area (Å²) in [6, 6.07) is 15.6. The van der Waals surface area contributed by atoms with Crippen LogP contribution in [0.25, 0.3) is 28.0 Å². The van der Waals surface area contributed by atoms with Crippen molar-refractivity contribution in [2.75, 3.05) is 50.3 Å². The Balaban J connectivity index is 1.38. The first-order valence-electron chi connectivity index (χ1n) is 13.5. The third-order valence-corrected chi connectivity index (χ3v) is 7.91. The van der Waals surface area contributed by atoms with Gasteiger partial charge in [-0.05, 0) is 49.1 Å². The molecule has 0 unspecified atom stereocenters. The Hall–Kier alpha value is -4.15. The number of methoxy groups -OCH3 is 2. The van der Waals surface area contributed by atoms with Gasteiger partial charge >= 0.3 is 5.97 Å². The van der Waals surface area contributed by atoms with Gasteiger partial charge in [0.15, 0.2) is 11.0 Å². The summed E-state index contributed by atoms with van der Waals surface area (Å²) in [7, 11) is 3.43. The predicted molar refractivity (Wildman–Crippen MR) is 152 cm³/mol. The molecular formula is C30H32N4O6. The van der Waals surface area contributed by atoms with Crippen molar-refractivity contribution in [1.82, 2.24) is 9.55 Å². The molecule has 2 aliphatic heterocycles. The average molecular weight is 545 g/mol. The molecule has 0 spiro atoms. The van der Waals surface area contributed by atoms with Crippen molar-refractivity contribution in [3.05, 3.63) is 70.5 Å². The van der Waals surface area contributed by atoms with E-state index in [1.54, 1.807) is 18.8 Å². The first-order chi connectivity index (χ1) is 19.4. The number of carbonyl (C=O) groups is 1. The number of rotatable bonds is 8. The normalized spacial score (nSPS) is 19.1. The second kappa shape index (κ2) is 10.8. The van der Waals surface area contributed by atoms with E-state index < -0.39 is 11.4 Å². The highest BCUT2D eigenvalue weighted by atomic mass is 16.5. The minimum absolute atomic E-state index is 0.213. The van der Waals surface area contributed by atoms with Gasteiger partial charge in [-0.15, -0.1) is 0 Å². The number of ether oxygens (including phenoxy) is 2. The quantitative estimate of drug-likeness (QED) is 0.349. The van der Waals surface area contributed by atoms with E-state index in [2.05, 4.69) is 9.80 Å². The van der Waals surface area contributed by atoms with Crippen LogP contribution in [0.1, 0.15) is 29.6 Å². The zero-order valence-corrected chi connectivity index (χ0v) is 22.6. The highest BCUT2D eigenvalue weighted by Crippen LogP contribution is 2.32. The lowest BCUT2D eigenvalue weighted by atomic mass is 10.1. The molecule has 0 aliphatic carbocycles. The molecule has 1 N–H and O–H groups in total. The van der Waals surface area contributed by atoms with Crippen molar-refractivity contribution in [2.45, 2.75) is 31.4 Å². The van der Waals surface area contributed by atoms with Crippen LogP contribution >= 0.6 is 0 Å². The third-order valence-electron chi connectivity index (χ3n) is 7.91. The average Bonchev–Trinajstić information content (AvgIpc) is 3.72. The standard InChI is InChI=1S/C30H32N4O6/c1-38-18-22-4-3-12-33(22)30-31-25-10-9-21(14-28(25)40-30)34-17-24(29(36)37)27(35)15-26(34)19-5-7-20(8-6-19)32-13-11-23(16-32)39-2/h5-10,14-15,17,22-23H,3-4,11-13,16,18H2,1-2H3,(H,36,37)/t22-,23+/m1/s1. The molecule has 2 saturated heterocycles. The Morgan fingerprint density at radius 2 is 1.88 bits per heavy atom. The molecule has 0 saturated carbocycles. The number of aromatic carboxylic acids is 1. The van der Waals surface area contributed by atoms with Crippen molar-refractivity contribution < 1.29 is 23.8 Å². The number of aromatic nitrogens is 2. The van der Waals surface area contributed by atoms with Gasteiger partial charge in [0, 0.05) is 63.6 Å². The fourth-order valence-corrected chi connectivity index (χ4v) is 5.76. The lowest BCUT2D eigenvalue weighted by Gasteiger charge is -2.21. The van der Waals surface area contributed by atoms with Crippen LogP contribution in [0.4, 0.5) is 11.7 Å². The number of oxazole rings is 1. The van der Waals surface area contributed by atoms with Crippen LogP contribution in [0.3, 0.4) is 0 Å². The highest BCUT2D eigenvalue weighted by Gasteiger charge is 2.28. The number of anilines is 2. The summed E-state index contributed by atoms with van der Waals surface area (Å²) in [6.45, 7) is 3.20. The van der Waals surface area contributed by atoms with Crippen molar-refractivity contribution in [2.24, 2.45) is 0 Å². The van der Waals surface area contributed by atoms with Crippen LogP contribution in [0.5, 0.6) is 0 Å². The Kier molecular flexibility index (Phi) is 7.03. The van der Waals surface area contributed by atoms with Gasteiger partial charge < -0.3 is 33.4 Å². The van der Waals surface area contributed by atoms with Crippen molar-refractivity contribution in [1.29, 1.82) is 0 Å². The predicted octanol–water partition coefficient (Wildman–Crippen LogP) is 4.18. The summed E-state index contributed by atoms with van der Waals surface area (Å²) in [6.07, 6.45) is 4.63. The molecule has 6 rings (SSSR count). The van der Waals surface area contributed by atoms with Gasteiger partial charge in [0.1, 0.15) is 11.1 Å². The van der Waals surface area contributed by atoms with Crippen LogP contribution in [-0.4, -0.2) is 73.2 Å². The number of fused-ring (bicyclic) bond motifs is 1. The third kappa shape index (κ3) is 4.84. The molecule has 2 aromatic heterocycles. The van der Waals surface area contributed by atoms with E-state index in [1.165, 1.54) is 12.3 Å². The van der Waals surface area contributed by atoms with E-state index in [0.29, 0.717) is 35.1 Å². The summed E-state index contributed by atoms with van der Waals surface area (Å²) in [4.78, 5) is 33.7. The summed E-state index contributed by atoms with van der Waals surface area (Å²) in [5.74, 6) is -1.27. The largest absolute Gasteiger partial charge is 0.477 e. The van der Waals surface area contributed by atoms with Crippen molar-refractivity contribution >= 4 is 28.8 Å². The van der Waals surface area contributed by atoms with E-state index in [4.69, 9.17) is 18.9 Å². The fourth-order valence-electron chi connectivity index (χ4n) is 5.76.